The Morgan fingerprint density at radius 1 is 0.654 bits per heavy atom. The molecular formula is C24H24N2. The van der Waals surface area contributed by atoms with Crippen molar-refractivity contribution in [3.05, 3.63) is 84.4 Å². The van der Waals surface area contributed by atoms with E-state index >= 15 is 0 Å². The number of para-hydroxylation sites is 1. The van der Waals surface area contributed by atoms with Crippen LogP contribution in [0.2, 0.25) is 0 Å². The van der Waals surface area contributed by atoms with Crippen molar-refractivity contribution in [2.75, 3.05) is 6.54 Å². The third-order valence-corrected chi connectivity index (χ3v) is 4.98. The summed E-state index contributed by atoms with van der Waals surface area (Å²) in [6.45, 7) is 0.753. The van der Waals surface area contributed by atoms with E-state index in [1.165, 1.54) is 38.9 Å². The Bertz CT molecular complexity index is 982. The van der Waals surface area contributed by atoms with Gasteiger partial charge in [-0.25, -0.2) is 0 Å². The fraction of sp³-hybridized carbons (Fsp3) is 0.167. The second-order valence-electron chi connectivity index (χ2n) is 6.71. The Labute approximate surface area is 154 Å². The average Bonchev–Trinajstić information content (AvgIpc) is 3.08. The van der Waals surface area contributed by atoms with Gasteiger partial charge >= 0.3 is 0 Å². The number of nitrogens with one attached hydrogen (secondary N) is 1. The summed E-state index contributed by atoms with van der Waals surface area (Å²) in [6, 6.07) is 27.9. The zero-order valence-corrected chi connectivity index (χ0v) is 14.9. The molecule has 0 aliphatic heterocycles. The van der Waals surface area contributed by atoms with Gasteiger partial charge in [-0.05, 0) is 54.1 Å². The van der Waals surface area contributed by atoms with Crippen LogP contribution in [0.4, 0.5) is 0 Å². The smallest absolute Gasteiger partial charge is 0.0497 e. The summed E-state index contributed by atoms with van der Waals surface area (Å²) in [5.74, 6) is 0. The summed E-state index contributed by atoms with van der Waals surface area (Å²) in [6.07, 6.45) is 3.23. The quantitative estimate of drug-likeness (QED) is 0.429. The van der Waals surface area contributed by atoms with Gasteiger partial charge in [-0.2, -0.15) is 0 Å². The molecule has 2 nitrogen and oxygen atoms in total. The lowest BCUT2D eigenvalue weighted by atomic mass is 9.98. The molecule has 0 saturated carbocycles. The van der Waals surface area contributed by atoms with E-state index in [1.54, 1.807) is 0 Å². The van der Waals surface area contributed by atoms with Gasteiger partial charge in [0.25, 0.3) is 0 Å². The molecule has 4 aromatic rings. The first-order valence-corrected chi connectivity index (χ1v) is 9.32. The maximum absolute atomic E-state index is 5.69. The number of rotatable bonds is 6. The fourth-order valence-electron chi connectivity index (χ4n) is 3.61. The SMILES string of the molecule is NCCCCc1c(-c2ccc(-c3ccccc3)cc2)[nH]c2ccccc12. The number of nitrogens with two attached hydrogens (primary N) is 1. The van der Waals surface area contributed by atoms with Crippen LogP contribution < -0.4 is 5.73 Å². The van der Waals surface area contributed by atoms with E-state index in [0.29, 0.717) is 0 Å². The first-order chi connectivity index (χ1) is 12.9. The summed E-state index contributed by atoms with van der Waals surface area (Å²) in [4.78, 5) is 3.64. The number of benzene rings is 3. The molecule has 0 radical (unpaired) electrons. The van der Waals surface area contributed by atoms with Crippen molar-refractivity contribution in [1.29, 1.82) is 0 Å². The van der Waals surface area contributed by atoms with Gasteiger partial charge in [0.2, 0.25) is 0 Å². The molecule has 0 spiro atoms. The predicted octanol–water partition coefficient (Wildman–Crippen LogP) is 5.78. The molecule has 0 fully saturated rings. The Balaban J connectivity index is 1.72. The van der Waals surface area contributed by atoms with Gasteiger partial charge < -0.3 is 10.7 Å². The minimum atomic E-state index is 0.753. The van der Waals surface area contributed by atoms with Crippen LogP contribution in [0.25, 0.3) is 33.3 Å². The molecule has 3 N–H and O–H groups in total. The van der Waals surface area contributed by atoms with Crippen LogP contribution in [0.3, 0.4) is 0 Å². The van der Waals surface area contributed by atoms with Gasteiger partial charge in [-0.15, -0.1) is 0 Å². The van der Waals surface area contributed by atoms with Crippen LogP contribution in [-0.4, -0.2) is 11.5 Å². The van der Waals surface area contributed by atoms with Gasteiger partial charge in [0.15, 0.2) is 0 Å². The van der Waals surface area contributed by atoms with Gasteiger partial charge in [-0.1, -0.05) is 72.8 Å². The highest BCUT2D eigenvalue weighted by Gasteiger charge is 2.12. The highest BCUT2D eigenvalue weighted by Crippen LogP contribution is 2.32. The predicted molar refractivity (Wildman–Crippen MR) is 111 cm³/mol. The number of hydrogen-bond acceptors (Lipinski definition) is 1. The maximum atomic E-state index is 5.69. The molecule has 0 bridgehead atoms. The second-order valence-corrected chi connectivity index (χ2v) is 6.71. The first kappa shape index (κ1) is 16.6. The van der Waals surface area contributed by atoms with E-state index in [2.05, 4.69) is 83.8 Å². The largest absolute Gasteiger partial charge is 0.354 e. The van der Waals surface area contributed by atoms with Crippen LogP contribution >= 0.6 is 0 Å². The maximum Gasteiger partial charge on any atom is 0.0497 e. The van der Waals surface area contributed by atoms with Gasteiger partial charge in [-0.3, -0.25) is 0 Å². The number of aromatic nitrogens is 1. The van der Waals surface area contributed by atoms with E-state index in [1.807, 2.05) is 0 Å². The normalized spacial score (nSPS) is 11.1. The minimum absolute atomic E-state index is 0.753. The van der Waals surface area contributed by atoms with E-state index in [9.17, 15) is 0 Å². The van der Waals surface area contributed by atoms with Crippen LogP contribution in [0.5, 0.6) is 0 Å². The lowest BCUT2D eigenvalue weighted by Gasteiger charge is -2.07. The molecular weight excluding hydrogens is 316 g/mol. The van der Waals surface area contributed by atoms with E-state index in [0.717, 1.165) is 25.8 Å². The summed E-state index contributed by atoms with van der Waals surface area (Å²) >= 11 is 0. The van der Waals surface area contributed by atoms with Crippen molar-refractivity contribution < 1.29 is 0 Å². The van der Waals surface area contributed by atoms with Crippen molar-refractivity contribution in [1.82, 2.24) is 4.98 Å². The minimum Gasteiger partial charge on any atom is -0.354 e. The molecule has 130 valence electrons. The van der Waals surface area contributed by atoms with Crippen molar-refractivity contribution in [2.45, 2.75) is 19.3 Å². The lowest BCUT2D eigenvalue weighted by molar-refractivity contribution is 0.748. The zero-order valence-electron chi connectivity index (χ0n) is 14.9. The highest BCUT2D eigenvalue weighted by molar-refractivity contribution is 5.91. The first-order valence-electron chi connectivity index (χ1n) is 9.32. The second kappa shape index (κ2) is 7.59. The van der Waals surface area contributed by atoms with Crippen molar-refractivity contribution in [3.63, 3.8) is 0 Å². The average molecular weight is 340 g/mol. The van der Waals surface area contributed by atoms with Crippen LogP contribution in [-0.2, 0) is 6.42 Å². The molecule has 1 aromatic heterocycles. The summed E-state index contributed by atoms with van der Waals surface area (Å²) < 4.78 is 0. The molecule has 0 aliphatic carbocycles. The van der Waals surface area contributed by atoms with Crippen molar-refractivity contribution in [2.24, 2.45) is 5.73 Å². The van der Waals surface area contributed by atoms with E-state index < -0.39 is 0 Å². The Hall–Kier alpha value is -2.84. The molecule has 1 heterocycles. The molecule has 26 heavy (non-hydrogen) atoms. The summed E-state index contributed by atoms with van der Waals surface area (Å²) in [5.41, 5.74) is 13.3. The molecule has 0 amide bonds. The molecule has 3 aromatic carbocycles. The summed E-state index contributed by atoms with van der Waals surface area (Å²) in [7, 11) is 0. The van der Waals surface area contributed by atoms with E-state index in [4.69, 9.17) is 5.73 Å². The Kier molecular flexibility index (Phi) is 4.85. The topological polar surface area (TPSA) is 41.8 Å². The van der Waals surface area contributed by atoms with E-state index in [-0.39, 0.29) is 0 Å². The van der Waals surface area contributed by atoms with Crippen molar-refractivity contribution >= 4 is 10.9 Å². The zero-order chi connectivity index (χ0) is 17.8. The lowest BCUT2D eigenvalue weighted by Crippen LogP contribution is -1.99. The van der Waals surface area contributed by atoms with Crippen LogP contribution in [0, 0.1) is 0 Å². The monoisotopic (exact) mass is 340 g/mol. The number of hydrogen-bond donors (Lipinski definition) is 2. The highest BCUT2D eigenvalue weighted by atomic mass is 14.7. The Morgan fingerprint density at radius 3 is 2.08 bits per heavy atom. The fourth-order valence-corrected chi connectivity index (χ4v) is 3.61. The third-order valence-electron chi connectivity index (χ3n) is 4.98. The molecule has 0 saturated heterocycles. The summed E-state index contributed by atoms with van der Waals surface area (Å²) in [5, 5.41) is 1.33. The molecule has 0 unspecified atom stereocenters. The molecule has 0 aliphatic rings. The number of aromatic amines is 1. The van der Waals surface area contributed by atoms with Crippen LogP contribution in [0.15, 0.2) is 78.9 Å². The Morgan fingerprint density at radius 2 is 1.31 bits per heavy atom. The van der Waals surface area contributed by atoms with Gasteiger partial charge in [0.05, 0.1) is 0 Å². The third kappa shape index (κ3) is 3.29. The number of fused-ring (bicyclic) bond motifs is 1. The molecule has 4 rings (SSSR count). The number of unbranched alkanes of at least 4 members (excludes halogenated alkanes) is 1. The standard InChI is InChI=1S/C24H24N2/c25-17-7-6-11-22-21-10-4-5-12-23(21)26-24(22)20-15-13-19(14-16-20)18-8-2-1-3-9-18/h1-5,8-10,12-16,26H,6-7,11,17,25H2. The van der Waals surface area contributed by atoms with Gasteiger partial charge in [0, 0.05) is 16.6 Å². The molecule has 2 heteroatoms. The number of H-pyrrole nitrogens is 1. The molecule has 0 atom stereocenters. The van der Waals surface area contributed by atoms with Crippen molar-refractivity contribution in [3.8, 4) is 22.4 Å². The number of aryl methyl sites for hydroxylation is 1. The van der Waals surface area contributed by atoms with Gasteiger partial charge in [0.1, 0.15) is 0 Å². The van der Waals surface area contributed by atoms with Crippen LogP contribution in [0.1, 0.15) is 18.4 Å².